The lowest BCUT2D eigenvalue weighted by Crippen LogP contribution is -2.35. The maximum atomic E-state index is 6.12. The lowest BCUT2D eigenvalue weighted by Gasteiger charge is -2.43. The lowest BCUT2D eigenvalue weighted by atomic mass is 9.62. The summed E-state index contributed by atoms with van der Waals surface area (Å²) in [5, 5.41) is 0.0169. The number of halogens is 1. The number of hydrogen-bond acceptors (Lipinski definition) is 0. The maximum absolute atomic E-state index is 6.12. The van der Waals surface area contributed by atoms with Crippen LogP contribution in [0.3, 0.4) is 0 Å². The van der Waals surface area contributed by atoms with Gasteiger partial charge in [0.15, 0.2) is 0 Å². The van der Waals surface area contributed by atoms with E-state index in [0.717, 1.165) is 0 Å². The van der Waals surface area contributed by atoms with E-state index in [1.54, 1.807) is 0 Å². The minimum Gasteiger partial charge on any atom is -0.114 e. The Bertz CT molecular complexity index is 313. The standard InChI is InChI=1S/C15H23Cl.C2H6/c1-14(2,3)15(4,5)12-8-6-7-9-13(16)11-10-12;1-2/h6-13H,1-5H3;1-2H3/b8-6-,9-7-,11-10-;. The van der Waals surface area contributed by atoms with Crippen LogP contribution in [0.2, 0.25) is 0 Å². The average molecular weight is 269 g/mol. The first-order valence-electron chi connectivity index (χ1n) is 6.92. The van der Waals surface area contributed by atoms with Gasteiger partial charge in [0.05, 0.1) is 5.38 Å². The monoisotopic (exact) mass is 268 g/mol. The molecule has 0 radical (unpaired) electrons. The molecule has 0 amide bonds. The van der Waals surface area contributed by atoms with Gasteiger partial charge < -0.3 is 0 Å². The van der Waals surface area contributed by atoms with Gasteiger partial charge in [-0.3, -0.25) is 0 Å². The van der Waals surface area contributed by atoms with E-state index in [2.05, 4.69) is 58.9 Å². The summed E-state index contributed by atoms with van der Waals surface area (Å²) in [6.45, 7) is 15.5. The lowest BCUT2D eigenvalue weighted by molar-refractivity contribution is 0.100. The predicted octanol–water partition coefficient (Wildman–Crippen LogP) is 5.99. The van der Waals surface area contributed by atoms with E-state index in [1.807, 2.05) is 26.0 Å². The smallest absolute Gasteiger partial charge is 0.0700 e. The molecule has 1 aliphatic rings. The van der Waals surface area contributed by atoms with Crippen LogP contribution in [0.15, 0.2) is 36.5 Å². The molecule has 0 saturated carbocycles. The topological polar surface area (TPSA) is 0 Å². The molecule has 0 aliphatic heterocycles. The van der Waals surface area contributed by atoms with Crippen molar-refractivity contribution < 1.29 is 0 Å². The summed E-state index contributed by atoms with van der Waals surface area (Å²) in [5.41, 5.74) is 0.471. The number of rotatable bonds is 1. The van der Waals surface area contributed by atoms with E-state index in [4.69, 9.17) is 11.6 Å². The number of allylic oxidation sites excluding steroid dienone is 6. The molecule has 18 heavy (non-hydrogen) atoms. The van der Waals surface area contributed by atoms with Gasteiger partial charge in [0, 0.05) is 5.92 Å². The molecule has 0 fully saturated rings. The highest BCUT2D eigenvalue weighted by Crippen LogP contribution is 2.45. The van der Waals surface area contributed by atoms with Gasteiger partial charge >= 0.3 is 0 Å². The third-order valence-electron chi connectivity index (χ3n) is 3.99. The van der Waals surface area contributed by atoms with Crippen molar-refractivity contribution in [2.75, 3.05) is 0 Å². The summed E-state index contributed by atoms with van der Waals surface area (Å²) in [6.07, 6.45) is 12.7. The van der Waals surface area contributed by atoms with E-state index in [0.29, 0.717) is 5.92 Å². The van der Waals surface area contributed by atoms with Crippen LogP contribution < -0.4 is 0 Å². The highest BCUT2D eigenvalue weighted by atomic mass is 35.5. The second-order valence-electron chi connectivity index (χ2n) is 6.10. The Labute approximate surface area is 119 Å². The van der Waals surface area contributed by atoms with Crippen molar-refractivity contribution in [3.05, 3.63) is 36.5 Å². The van der Waals surface area contributed by atoms with E-state index < -0.39 is 0 Å². The van der Waals surface area contributed by atoms with Crippen LogP contribution in [0.1, 0.15) is 48.5 Å². The van der Waals surface area contributed by atoms with Gasteiger partial charge in [-0.1, -0.05) is 84.9 Å². The zero-order chi connectivity index (χ0) is 14.4. The number of hydrogen-bond donors (Lipinski definition) is 0. The molecule has 104 valence electrons. The van der Waals surface area contributed by atoms with Gasteiger partial charge in [0.25, 0.3) is 0 Å². The Morgan fingerprint density at radius 3 is 1.78 bits per heavy atom. The van der Waals surface area contributed by atoms with Gasteiger partial charge in [-0.2, -0.15) is 0 Å². The molecule has 0 aromatic rings. The van der Waals surface area contributed by atoms with E-state index in [9.17, 15) is 0 Å². The van der Waals surface area contributed by atoms with Crippen LogP contribution in [0.25, 0.3) is 0 Å². The molecule has 0 saturated heterocycles. The molecule has 1 aliphatic carbocycles. The first-order valence-corrected chi connectivity index (χ1v) is 7.36. The Kier molecular flexibility index (Phi) is 6.99. The van der Waals surface area contributed by atoms with Crippen LogP contribution in [0, 0.1) is 16.7 Å². The van der Waals surface area contributed by atoms with Crippen molar-refractivity contribution >= 4 is 11.6 Å². The molecule has 0 aromatic heterocycles. The van der Waals surface area contributed by atoms with Crippen molar-refractivity contribution in [2.24, 2.45) is 16.7 Å². The van der Waals surface area contributed by atoms with Crippen molar-refractivity contribution in [3.63, 3.8) is 0 Å². The molecule has 1 heteroatoms. The minimum absolute atomic E-state index is 0.0169. The SMILES string of the molecule is CC.CC(C)(C)C(C)(C)C1/C=C\C=C/C(Cl)/C=C\1. The van der Waals surface area contributed by atoms with Crippen LogP contribution >= 0.6 is 11.6 Å². The molecule has 0 N–H and O–H groups in total. The molecule has 0 spiro atoms. The zero-order valence-electron chi connectivity index (χ0n) is 13.0. The average Bonchev–Trinajstić information content (AvgIpc) is 2.25. The highest BCUT2D eigenvalue weighted by molar-refractivity contribution is 6.23. The molecule has 1 rings (SSSR count). The fourth-order valence-electron chi connectivity index (χ4n) is 1.69. The third kappa shape index (κ3) is 4.65. The molecular weight excluding hydrogens is 240 g/mol. The Hall–Kier alpha value is -0.490. The molecule has 0 nitrogen and oxygen atoms in total. The van der Waals surface area contributed by atoms with Crippen molar-refractivity contribution in [3.8, 4) is 0 Å². The van der Waals surface area contributed by atoms with Gasteiger partial charge in [-0.25, -0.2) is 0 Å². The largest absolute Gasteiger partial charge is 0.114 e. The molecule has 0 bridgehead atoms. The minimum atomic E-state index is 0.0169. The molecule has 0 aromatic carbocycles. The van der Waals surface area contributed by atoms with E-state index >= 15 is 0 Å². The second kappa shape index (κ2) is 7.19. The third-order valence-corrected chi connectivity index (χ3v) is 4.28. The summed E-state index contributed by atoms with van der Waals surface area (Å²) < 4.78 is 0. The van der Waals surface area contributed by atoms with Crippen LogP contribution in [-0.2, 0) is 0 Å². The number of alkyl halides is 1. The van der Waals surface area contributed by atoms with E-state index in [1.165, 1.54) is 0 Å². The summed E-state index contributed by atoms with van der Waals surface area (Å²) in [6, 6.07) is 0. The van der Waals surface area contributed by atoms with Gasteiger partial charge in [0.2, 0.25) is 0 Å². The fourth-order valence-corrected chi connectivity index (χ4v) is 1.86. The first kappa shape index (κ1) is 17.5. The van der Waals surface area contributed by atoms with Crippen molar-refractivity contribution in [1.82, 2.24) is 0 Å². The molecule has 2 atom stereocenters. The first-order chi connectivity index (χ1) is 8.25. The Morgan fingerprint density at radius 1 is 0.778 bits per heavy atom. The summed E-state index contributed by atoms with van der Waals surface area (Å²) >= 11 is 6.12. The van der Waals surface area contributed by atoms with Crippen LogP contribution in [0.4, 0.5) is 0 Å². The van der Waals surface area contributed by atoms with Gasteiger partial charge in [-0.15, -0.1) is 11.6 Å². The second-order valence-corrected chi connectivity index (χ2v) is 6.60. The van der Waals surface area contributed by atoms with Crippen LogP contribution in [0.5, 0.6) is 0 Å². The quantitative estimate of drug-likeness (QED) is 0.405. The summed E-state index contributed by atoms with van der Waals surface area (Å²) in [5.74, 6) is 0.429. The van der Waals surface area contributed by atoms with Crippen molar-refractivity contribution in [1.29, 1.82) is 0 Å². The normalized spacial score (nSPS) is 29.3. The summed E-state index contributed by atoms with van der Waals surface area (Å²) in [4.78, 5) is 0. The zero-order valence-corrected chi connectivity index (χ0v) is 13.8. The van der Waals surface area contributed by atoms with Crippen LogP contribution in [-0.4, -0.2) is 5.38 Å². The fraction of sp³-hybridized carbons (Fsp3) is 0.647. The predicted molar refractivity (Wildman–Crippen MR) is 85.1 cm³/mol. The molecular formula is C17H29Cl. The van der Waals surface area contributed by atoms with Gasteiger partial charge in [-0.05, 0) is 10.8 Å². The van der Waals surface area contributed by atoms with Gasteiger partial charge in [0.1, 0.15) is 0 Å². The molecule has 0 heterocycles. The molecule has 2 unspecified atom stereocenters. The summed E-state index contributed by atoms with van der Waals surface area (Å²) in [7, 11) is 0. The van der Waals surface area contributed by atoms with Crippen molar-refractivity contribution in [2.45, 2.75) is 53.8 Å². The Balaban J connectivity index is 0.00000137. The highest BCUT2D eigenvalue weighted by Gasteiger charge is 2.37. The maximum Gasteiger partial charge on any atom is 0.0700 e. The Morgan fingerprint density at radius 2 is 1.28 bits per heavy atom. The van der Waals surface area contributed by atoms with E-state index in [-0.39, 0.29) is 16.2 Å².